The van der Waals surface area contributed by atoms with Gasteiger partial charge in [0.2, 0.25) is 0 Å². The number of benzene rings is 2. The molecule has 0 aliphatic carbocycles. The third kappa shape index (κ3) is 8.34. The van der Waals surface area contributed by atoms with Gasteiger partial charge in [-0.15, -0.1) is 0 Å². The topological polar surface area (TPSA) is 79.8 Å². The highest BCUT2D eigenvalue weighted by molar-refractivity contribution is 5.74. The van der Waals surface area contributed by atoms with Gasteiger partial charge in [-0.25, -0.2) is 14.8 Å². The van der Waals surface area contributed by atoms with Gasteiger partial charge in [-0.05, 0) is 68.7 Å². The second-order valence-corrected chi connectivity index (χ2v) is 8.62. The van der Waals surface area contributed by atoms with Gasteiger partial charge in [0, 0.05) is 30.1 Å². The molecule has 0 saturated carbocycles. The van der Waals surface area contributed by atoms with E-state index in [4.69, 9.17) is 18.9 Å². The fourth-order valence-electron chi connectivity index (χ4n) is 3.30. The van der Waals surface area contributed by atoms with Crippen molar-refractivity contribution < 1.29 is 23.7 Å². The van der Waals surface area contributed by atoms with Gasteiger partial charge < -0.3 is 18.9 Å². The molecule has 0 spiro atoms. The molecule has 3 rings (SSSR count). The lowest BCUT2D eigenvalue weighted by atomic mass is 10.1. The molecule has 0 saturated heterocycles. The molecule has 0 amide bonds. The Labute approximate surface area is 213 Å². The lowest BCUT2D eigenvalue weighted by Crippen LogP contribution is -2.30. The molecule has 2 atom stereocenters. The number of ether oxygens (including phenoxy) is 4. The molecule has 36 heavy (non-hydrogen) atoms. The first-order valence-corrected chi connectivity index (χ1v) is 12.6. The van der Waals surface area contributed by atoms with Gasteiger partial charge in [-0.1, -0.05) is 32.4 Å². The van der Waals surface area contributed by atoms with Gasteiger partial charge in [0.05, 0.1) is 6.61 Å². The van der Waals surface area contributed by atoms with E-state index in [2.05, 4.69) is 23.8 Å². The predicted octanol–water partition coefficient (Wildman–Crippen LogP) is 6.12. The van der Waals surface area contributed by atoms with Crippen LogP contribution in [0.25, 0.3) is 22.5 Å². The van der Waals surface area contributed by atoms with Gasteiger partial charge in [-0.3, -0.25) is 0 Å². The van der Waals surface area contributed by atoms with E-state index in [1.807, 2.05) is 60.9 Å². The molecule has 0 aliphatic heterocycles. The number of esters is 1. The summed E-state index contributed by atoms with van der Waals surface area (Å²) in [7, 11) is 0. The Kier molecular flexibility index (Phi) is 10.7. The number of carbonyl (C=O) groups excluding carboxylic acids is 1. The Morgan fingerprint density at radius 3 is 2.00 bits per heavy atom. The van der Waals surface area contributed by atoms with Crippen molar-refractivity contribution in [3.8, 4) is 34.0 Å². The van der Waals surface area contributed by atoms with Gasteiger partial charge in [0.15, 0.2) is 11.9 Å². The molecule has 2 unspecified atom stereocenters. The standard InChI is InChI=1S/C29H36N2O5/c1-5-7-17-33-22(4)29(32)36-21(3)20-35-27-12-8-23(9-13-27)25-18-30-28(31-19-25)24-10-14-26(15-11-24)34-16-6-2/h8-15,18-19,21-22H,5-7,16-17,20H2,1-4H3. The van der Waals surface area contributed by atoms with E-state index in [-0.39, 0.29) is 18.7 Å². The molecule has 192 valence electrons. The highest BCUT2D eigenvalue weighted by Gasteiger charge is 2.18. The maximum Gasteiger partial charge on any atom is 0.335 e. The number of hydrogen-bond donors (Lipinski definition) is 0. The first-order valence-electron chi connectivity index (χ1n) is 12.6. The molecule has 2 aromatic carbocycles. The van der Waals surface area contributed by atoms with Crippen LogP contribution in [0.1, 0.15) is 47.0 Å². The lowest BCUT2D eigenvalue weighted by Gasteiger charge is -2.18. The van der Waals surface area contributed by atoms with Crippen LogP contribution in [0.4, 0.5) is 0 Å². The first kappa shape index (κ1) is 27.1. The molecular formula is C29H36N2O5. The Bertz CT molecular complexity index is 1050. The summed E-state index contributed by atoms with van der Waals surface area (Å²) in [6, 6.07) is 15.5. The summed E-state index contributed by atoms with van der Waals surface area (Å²) in [5.41, 5.74) is 2.83. The van der Waals surface area contributed by atoms with E-state index in [0.717, 1.165) is 41.7 Å². The van der Waals surface area contributed by atoms with E-state index < -0.39 is 6.10 Å². The van der Waals surface area contributed by atoms with Gasteiger partial charge in [0.25, 0.3) is 0 Å². The zero-order chi connectivity index (χ0) is 25.8. The zero-order valence-electron chi connectivity index (χ0n) is 21.6. The number of aromatic nitrogens is 2. The summed E-state index contributed by atoms with van der Waals surface area (Å²) in [6.07, 6.45) is 5.57. The molecule has 7 nitrogen and oxygen atoms in total. The average molecular weight is 493 g/mol. The molecule has 1 aromatic heterocycles. The van der Waals surface area contributed by atoms with Crippen LogP contribution in [0.15, 0.2) is 60.9 Å². The molecule has 0 fully saturated rings. The molecule has 0 radical (unpaired) electrons. The number of rotatable bonds is 14. The van der Waals surface area contributed by atoms with Crippen LogP contribution < -0.4 is 9.47 Å². The summed E-state index contributed by atoms with van der Waals surface area (Å²) in [4.78, 5) is 21.2. The average Bonchev–Trinajstić information content (AvgIpc) is 2.91. The normalized spacial score (nSPS) is 12.6. The van der Waals surface area contributed by atoms with Gasteiger partial charge in [0.1, 0.15) is 24.2 Å². The minimum atomic E-state index is -0.578. The number of unbranched alkanes of at least 4 members (excludes halogenated alkanes) is 1. The second kappa shape index (κ2) is 14.2. The van der Waals surface area contributed by atoms with Crippen LogP contribution in [0, 0.1) is 0 Å². The minimum absolute atomic E-state index is 0.257. The predicted molar refractivity (Wildman–Crippen MR) is 140 cm³/mol. The highest BCUT2D eigenvalue weighted by atomic mass is 16.6. The zero-order valence-corrected chi connectivity index (χ0v) is 21.6. The van der Waals surface area contributed by atoms with E-state index in [1.165, 1.54) is 0 Å². The van der Waals surface area contributed by atoms with Crippen molar-refractivity contribution in [2.75, 3.05) is 19.8 Å². The van der Waals surface area contributed by atoms with Crippen molar-refractivity contribution in [3.63, 3.8) is 0 Å². The molecule has 0 N–H and O–H groups in total. The Balaban J connectivity index is 1.49. The molecule has 3 aromatic rings. The smallest absolute Gasteiger partial charge is 0.335 e. The fraction of sp³-hybridized carbons (Fsp3) is 0.414. The first-order chi connectivity index (χ1) is 17.5. The van der Waals surface area contributed by atoms with Crippen molar-refractivity contribution in [3.05, 3.63) is 60.9 Å². The van der Waals surface area contributed by atoms with Crippen LogP contribution in [0.5, 0.6) is 11.5 Å². The lowest BCUT2D eigenvalue weighted by molar-refractivity contribution is -0.162. The van der Waals surface area contributed by atoms with E-state index in [9.17, 15) is 4.79 Å². The van der Waals surface area contributed by atoms with Crippen molar-refractivity contribution in [2.45, 2.75) is 59.2 Å². The van der Waals surface area contributed by atoms with Crippen molar-refractivity contribution in [2.24, 2.45) is 0 Å². The quantitative estimate of drug-likeness (QED) is 0.198. The summed E-state index contributed by atoms with van der Waals surface area (Å²) >= 11 is 0. The third-order valence-corrected chi connectivity index (χ3v) is 5.42. The van der Waals surface area contributed by atoms with Crippen LogP contribution in [-0.2, 0) is 14.3 Å². The minimum Gasteiger partial charge on any atom is -0.494 e. The number of nitrogens with zero attached hydrogens (tertiary/aromatic N) is 2. The monoisotopic (exact) mass is 492 g/mol. The van der Waals surface area contributed by atoms with Gasteiger partial charge >= 0.3 is 5.97 Å². The second-order valence-electron chi connectivity index (χ2n) is 8.62. The van der Waals surface area contributed by atoms with Crippen LogP contribution in [0.2, 0.25) is 0 Å². The van der Waals surface area contributed by atoms with Crippen molar-refractivity contribution >= 4 is 5.97 Å². The number of hydrogen-bond acceptors (Lipinski definition) is 7. The molecule has 7 heteroatoms. The SMILES string of the molecule is CCCCOC(C)C(=O)OC(C)COc1ccc(-c2cnc(-c3ccc(OCCC)cc3)nc2)cc1. The highest BCUT2D eigenvalue weighted by Crippen LogP contribution is 2.24. The van der Waals surface area contributed by atoms with Crippen LogP contribution in [-0.4, -0.2) is 48.0 Å². The summed E-state index contributed by atoms with van der Waals surface area (Å²) < 4.78 is 22.3. The summed E-state index contributed by atoms with van der Waals surface area (Å²) in [5, 5.41) is 0. The van der Waals surface area contributed by atoms with Gasteiger partial charge in [-0.2, -0.15) is 0 Å². The molecular weight excluding hydrogens is 456 g/mol. The molecule has 1 heterocycles. The van der Waals surface area contributed by atoms with E-state index >= 15 is 0 Å². The van der Waals surface area contributed by atoms with Crippen LogP contribution >= 0.6 is 0 Å². The maximum atomic E-state index is 12.1. The third-order valence-electron chi connectivity index (χ3n) is 5.42. The molecule has 0 aliphatic rings. The maximum absolute atomic E-state index is 12.1. The number of carbonyl (C=O) groups is 1. The van der Waals surface area contributed by atoms with E-state index in [1.54, 1.807) is 13.8 Å². The summed E-state index contributed by atoms with van der Waals surface area (Å²) in [5.74, 6) is 1.83. The van der Waals surface area contributed by atoms with E-state index in [0.29, 0.717) is 24.8 Å². The Morgan fingerprint density at radius 2 is 1.39 bits per heavy atom. The van der Waals surface area contributed by atoms with Crippen molar-refractivity contribution in [1.82, 2.24) is 9.97 Å². The Morgan fingerprint density at radius 1 is 0.778 bits per heavy atom. The van der Waals surface area contributed by atoms with Crippen molar-refractivity contribution in [1.29, 1.82) is 0 Å². The van der Waals surface area contributed by atoms with Crippen LogP contribution in [0.3, 0.4) is 0 Å². The Hall–Kier alpha value is -3.45. The fourth-order valence-corrected chi connectivity index (χ4v) is 3.30. The largest absolute Gasteiger partial charge is 0.494 e. The summed E-state index contributed by atoms with van der Waals surface area (Å²) in [6.45, 7) is 9.18. The molecule has 0 bridgehead atoms.